The molecule has 0 heterocycles. The maximum absolute atomic E-state index is 10.9. The molecule has 0 aliphatic rings. The van der Waals surface area contributed by atoms with Gasteiger partial charge in [0.05, 0.1) is 0 Å². The fourth-order valence-corrected chi connectivity index (χ4v) is 0.815. The first-order valence-corrected chi connectivity index (χ1v) is 4.48. The van der Waals surface area contributed by atoms with E-state index in [-0.39, 0.29) is 13.8 Å². The molecule has 0 aliphatic heterocycles. The third kappa shape index (κ3) is 5.96. The second kappa shape index (κ2) is 6.90. The quantitative estimate of drug-likeness (QED) is 0.411. The van der Waals surface area contributed by atoms with E-state index >= 15 is 0 Å². The molecule has 1 amide bonds. The normalized spacial score (nSPS) is 8.42. The Morgan fingerprint density at radius 1 is 1.67 bits per heavy atom. The number of carbonyl (C=O) groups is 1. The zero-order valence-electron chi connectivity index (χ0n) is 7.09. The van der Waals surface area contributed by atoms with Crippen LogP contribution in [0.2, 0.25) is 0 Å². The van der Waals surface area contributed by atoms with Crippen molar-refractivity contribution in [2.45, 2.75) is 19.8 Å². The molecule has 0 aromatic rings. The SMILES string of the molecule is C=C(C)C(=O)NCCCC#P=O. The molecule has 0 aromatic carbocycles. The Morgan fingerprint density at radius 3 is 2.83 bits per heavy atom. The minimum atomic E-state index is -0.130. The molecule has 0 spiro atoms. The van der Waals surface area contributed by atoms with Crippen molar-refractivity contribution in [2.24, 2.45) is 0 Å². The van der Waals surface area contributed by atoms with Crippen LogP contribution in [0.1, 0.15) is 19.8 Å². The predicted molar refractivity (Wildman–Crippen MR) is 48.6 cm³/mol. The van der Waals surface area contributed by atoms with E-state index in [1.54, 1.807) is 6.92 Å². The Balaban J connectivity index is 3.42. The molecule has 0 radical (unpaired) electrons. The zero-order valence-corrected chi connectivity index (χ0v) is 7.99. The van der Waals surface area contributed by atoms with E-state index in [1.807, 2.05) is 0 Å². The van der Waals surface area contributed by atoms with Crippen LogP contribution in [0.5, 0.6) is 0 Å². The molecule has 3 nitrogen and oxygen atoms in total. The molecule has 0 unspecified atom stereocenters. The van der Waals surface area contributed by atoms with Crippen LogP contribution < -0.4 is 5.32 Å². The summed E-state index contributed by atoms with van der Waals surface area (Å²) in [5, 5.41) is 2.66. The number of hydrogen-bond acceptors (Lipinski definition) is 2. The summed E-state index contributed by atoms with van der Waals surface area (Å²) >= 11 is 0. The fourth-order valence-electron chi connectivity index (χ4n) is 0.566. The maximum atomic E-state index is 10.9. The van der Waals surface area contributed by atoms with E-state index in [4.69, 9.17) is 0 Å². The minimum absolute atomic E-state index is 0.0674. The number of rotatable bonds is 4. The first-order valence-electron chi connectivity index (χ1n) is 3.67. The first kappa shape index (κ1) is 11.2. The Bertz CT molecular complexity index is 266. The van der Waals surface area contributed by atoms with Crippen LogP contribution in [0.15, 0.2) is 12.2 Å². The summed E-state index contributed by atoms with van der Waals surface area (Å²) in [6, 6.07) is 0. The molecular weight excluding hydrogens is 173 g/mol. The molecule has 12 heavy (non-hydrogen) atoms. The van der Waals surface area contributed by atoms with Crippen molar-refractivity contribution in [3.63, 3.8) is 0 Å². The van der Waals surface area contributed by atoms with Gasteiger partial charge in [-0.15, -0.1) is 0 Å². The van der Waals surface area contributed by atoms with Gasteiger partial charge in [0.2, 0.25) is 0 Å². The average Bonchev–Trinajstić information content (AvgIpc) is 2.03. The summed E-state index contributed by atoms with van der Waals surface area (Å²) in [7, 11) is -0.0674. The summed E-state index contributed by atoms with van der Waals surface area (Å²) < 4.78 is 9.89. The van der Waals surface area contributed by atoms with Gasteiger partial charge in [0.15, 0.2) is 0 Å². The molecule has 0 saturated carbocycles. The van der Waals surface area contributed by atoms with Crippen molar-refractivity contribution in [1.29, 1.82) is 0 Å². The van der Waals surface area contributed by atoms with Crippen molar-refractivity contribution >= 4 is 13.8 Å². The van der Waals surface area contributed by atoms with Gasteiger partial charge in [-0.3, -0.25) is 0 Å². The van der Waals surface area contributed by atoms with E-state index in [0.717, 1.165) is 6.42 Å². The fraction of sp³-hybridized carbons (Fsp3) is 0.500. The summed E-state index contributed by atoms with van der Waals surface area (Å²) in [5.74, 6) is -0.130. The third-order valence-corrected chi connectivity index (χ3v) is 1.56. The molecule has 66 valence electrons. The number of hydrogen-bond donors (Lipinski definition) is 1. The monoisotopic (exact) mass is 185 g/mol. The molecule has 0 bridgehead atoms. The van der Waals surface area contributed by atoms with Gasteiger partial charge in [-0.2, -0.15) is 0 Å². The average molecular weight is 185 g/mol. The molecule has 0 aliphatic carbocycles. The first-order chi connectivity index (χ1) is 5.68. The van der Waals surface area contributed by atoms with Gasteiger partial charge in [-0.1, -0.05) is 0 Å². The summed E-state index contributed by atoms with van der Waals surface area (Å²) in [6.07, 6.45) is 1.38. The second-order valence-corrected chi connectivity index (χ2v) is 2.89. The van der Waals surface area contributed by atoms with Crippen molar-refractivity contribution in [3.05, 3.63) is 12.2 Å². The summed E-state index contributed by atoms with van der Waals surface area (Å²) in [4.78, 5) is 10.9. The van der Waals surface area contributed by atoms with E-state index in [9.17, 15) is 9.36 Å². The molecule has 4 heteroatoms. The Hall–Kier alpha value is -0.780. The number of unbranched alkanes of at least 4 members (excludes halogenated alkanes) is 1. The van der Waals surface area contributed by atoms with Crippen LogP contribution in [-0.2, 0) is 9.36 Å². The Labute approximate surface area is 73.4 Å². The van der Waals surface area contributed by atoms with E-state index < -0.39 is 0 Å². The standard InChI is InChI=1S/C8H12NO2P/c1-7(2)8(10)9-5-3-4-6-12-11/h1,3-5H2,2H3,(H,9,10). The molecule has 0 rings (SSSR count). The topological polar surface area (TPSA) is 46.2 Å². The number of carbonyl (C=O) groups excluding carboxylic acids is 1. The zero-order chi connectivity index (χ0) is 9.40. The van der Waals surface area contributed by atoms with Crippen molar-refractivity contribution in [2.75, 3.05) is 6.54 Å². The molecule has 0 aromatic heterocycles. The second-order valence-electron chi connectivity index (χ2n) is 2.39. The summed E-state index contributed by atoms with van der Waals surface area (Å²) in [6.45, 7) is 5.73. The number of nitrogens with one attached hydrogen (secondary N) is 1. The van der Waals surface area contributed by atoms with Crippen molar-refractivity contribution in [1.82, 2.24) is 5.32 Å². The van der Waals surface area contributed by atoms with Gasteiger partial charge in [-0.05, 0) is 0 Å². The van der Waals surface area contributed by atoms with E-state index in [0.29, 0.717) is 18.5 Å². The molecule has 0 saturated heterocycles. The molecule has 0 fully saturated rings. The molecular formula is C8H12NO2P. The van der Waals surface area contributed by atoms with Crippen LogP contribution in [0.25, 0.3) is 0 Å². The van der Waals surface area contributed by atoms with Crippen LogP contribution in [-0.4, -0.2) is 12.5 Å². The van der Waals surface area contributed by atoms with Gasteiger partial charge >= 0.3 is 72.6 Å². The van der Waals surface area contributed by atoms with Gasteiger partial charge in [0.25, 0.3) is 0 Å². The summed E-state index contributed by atoms with van der Waals surface area (Å²) in [5.41, 5.74) is 3.10. The van der Waals surface area contributed by atoms with Crippen LogP contribution in [0.4, 0.5) is 0 Å². The van der Waals surface area contributed by atoms with E-state index in [2.05, 4.69) is 17.5 Å². The van der Waals surface area contributed by atoms with Crippen molar-refractivity contribution in [3.8, 4) is 5.63 Å². The van der Waals surface area contributed by atoms with Gasteiger partial charge in [0, 0.05) is 0 Å². The van der Waals surface area contributed by atoms with E-state index in [1.165, 1.54) is 0 Å². The van der Waals surface area contributed by atoms with Crippen LogP contribution in [0, 0.1) is 5.63 Å². The Morgan fingerprint density at radius 2 is 2.33 bits per heavy atom. The van der Waals surface area contributed by atoms with Gasteiger partial charge in [-0.25, -0.2) is 0 Å². The van der Waals surface area contributed by atoms with Crippen molar-refractivity contribution < 1.29 is 9.36 Å². The third-order valence-electron chi connectivity index (χ3n) is 1.20. The van der Waals surface area contributed by atoms with Gasteiger partial charge < -0.3 is 0 Å². The predicted octanol–water partition coefficient (Wildman–Crippen LogP) is 1.71. The van der Waals surface area contributed by atoms with Crippen LogP contribution in [0.3, 0.4) is 0 Å². The molecule has 1 N–H and O–H groups in total. The van der Waals surface area contributed by atoms with Crippen LogP contribution >= 0.6 is 7.92 Å². The molecule has 0 atom stereocenters. The Kier molecular flexibility index (Phi) is 6.45. The number of amides is 1. The van der Waals surface area contributed by atoms with Gasteiger partial charge in [0.1, 0.15) is 0 Å².